The fraction of sp³-hybridized carbons (Fsp3) is 0.545. The van der Waals surface area contributed by atoms with Gasteiger partial charge in [0.25, 0.3) is 5.56 Å². The summed E-state index contributed by atoms with van der Waals surface area (Å²) in [4.78, 5) is 28.7. The topological polar surface area (TPSA) is 263 Å². The second-order valence-corrected chi connectivity index (χ2v) is 16.8. The minimum absolute atomic E-state index is 0.0106. The lowest BCUT2D eigenvalue weighted by atomic mass is 9.85. The first-order chi connectivity index (χ1) is 21.8. The van der Waals surface area contributed by atoms with Crippen molar-refractivity contribution < 1.29 is 46.9 Å². The molecule has 9 atom stereocenters. The minimum Gasteiger partial charge on any atom is -0.393 e. The SMILES string of the molecule is C[C@@]12C[C@H](n3cnc4c(N)ncnc43)O[C@]1(CO)COP(=O)(S)O[C@@H]1[C@H](O)[C@@H](COP(=O)(S)O2)O[C@H]1n1cnc2c(=O)[nH]ncc21. The van der Waals surface area contributed by atoms with Crippen molar-refractivity contribution in [2.24, 2.45) is 0 Å². The van der Waals surface area contributed by atoms with E-state index in [0.29, 0.717) is 11.2 Å². The Morgan fingerprint density at radius 1 is 1.13 bits per heavy atom. The second kappa shape index (κ2) is 11.3. The van der Waals surface area contributed by atoms with Gasteiger partial charge in [-0.05, 0) is 6.92 Å². The van der Waals surface area contributed by atoms with E-state index in [1.807, 2.05) is 0 Å². The predicted molar refractivity (Wildman–Crippen MR) is 162 cm³/mol. The Bertz CT molecular complexity index is 1980. The Morgan fingerprint density at radius 2 is 1.89 bits per heavy atom. The number of imidazole rings is 2. The number of aliphatic hydroxyl groups is 2. The van der Waals surface area contributed by atoms with Crippen molar-refractivity contribution in [3.63, 3.8) is 0 Å². The molecular formula is C22H27N9O11P2S2. The number of fused-ring (bicyclic) bond motifs is 5. The maximum Gasteiger partial charge on any atom is 0.386 e. The van der Waals surface area contributed by atoms with Crippen LogP contribution in [0.2, 0.25) is 0 Å². The van der Waals surface area contributed by atoms with Gasteiger partial charge >= 0.3 is 13.6 Å². The van der Waals surface area contributed by atoms with Gasteiger partial charge in [0.2, 0.25) is 0 Å². The van der Waals surface area contributed by atoms with Crippen LogP contribution in [-0.2, 0) is 36.7 Å². The summed E-state index contributed by atoms with van der Waals surface area (Å²) in [5.74, 6) is 0.123. The van der Waals surface area contributed by atoms with E-state index in [1.54, 1.807) is 0 Å². The van der Waals surface area contributed by atoms with Gasteiger partial charge in [0.15, 0.2) is 23.2 Å². The van der Waals surface area contributed by atoms with Gasteiger partial charge in [0, 0.05) is 6.42 Å². The molecule has 5 N–H and O–H groups in total. The van der Waals surface area contributed by atoms with Crippen molar-refractivity contribution in [1.82, 2.24) is 39.3 Å². The predicted octanol–water partition coefficient (Wildman–Crippen LogP) is 0.733. The number of ether oxygens (including phenoxy) is 2. The Morgan fingerprint density at radius 3 is 2.67 bits per heavy atom. The molecule has 2 bridgehead atoms. The monoisotopic (exact) mass is 719 g/mol. The summed E-state index contributed by atoms with van der Waals surface area (Å²) in [5, 5.41) is 28.0. The number of rotatable bonds is 3. The highest BCUT2D eigenvalue weighted by Gasteiger charge is 2.62. The van der Waals surface area contributed by atoms with E-state index in [9.17, 15) is 24.1 Å². The molecule has 7 heterocycles. The Labute approximate surface area is 268 Å². The van der Waals surface area contributed by atoms with Crippen LogP contribution in [0.3, 0.4) is 0 Å². The standard InChI is InChI=1S/C22H27N9O11P2S2/c1-21-2-12(31-9-27-14-17(23)24-7-25-18(14)31)40-22(21,5-32)6-38-43(35,45)41-16-15(33)11(4-37-44(36,46)42-21)39-20(16)30-8-26-13-10(30)3-28-29-19(13)34/h3,7-9,11-12,15-16,20,32-33H,2,4-6H2,1H3,(H,29,34)(H,35,45)(H,36,46)(H2,23,24,25)/t11-,12-,15-,16-,20-,21-,22-,43?,44?/m1/s1. The van der Waals surface area contributed by atoms with Crippen LogP contribution in [-0.4, -0.2) is 98.8 Å². The van der Waals surface area contributed by atoms with E-state index in [4.69, 9.17) is 33.3 Å². The average Bonchev–Trinajstić information content (AvgIpc) is 3.75. The number of hydrogen-bond donors (Lipinski definition) is 6. The van der Waals surface area contributed by atoms with Gasteiger partial charge < -0.3 is 25.4 Å². The van der Waals surface area contributed by atoms with Gasteiger partial charge in [-0.2, -0.15) is 5.10 Å². The number of anilines is 1. The van der Waals surface area contributed by atoms with Crippen molar-refractivity contribution in [2.45, 2.75) is 55.3 Å². The third kappa shape index (κ3) is 5.30. The van der Waals surface area contributed by atoms with Crippen LogP contribution in [0.4, 0.5) is 5.82 Å². The fourth-order valence-corrected chi connectivity index (χ4v) is 9.18. The molecule has 2 unspecified atom stereocenters. The Balaban J connectivity index is 1.25. The van der Waals surface area contributed by atoms with Crippen molar-refractivity contribution in [2.75, 3.05) is 25.6 Å². The molecule has 4 aromatic heterocycles. The zero-order valence-corrected chi connectivity index (χ0v) is 27.2. The Hall–Kier alpha value is -2.46. The van der Waals surface area contributed by atoms with Crippen LogP contribution in [0.25, 0.3) is 22.2 Å². The summed E-state index contributed by atoms with van der Waals surface area (Å²) < 4.78 is 65.7. The van der Waals surface area contributed by atoms with Crippen molar-refractivity contribution in [1.29, 1.82) is 0 Å². The first-order valence-electron chi connectivity index (χ1n) is 13.5. The van der Waals surface area contributed by atoms with Crippen LogP contribution in [0.1, 0.15) is 25.8 Å². The molecule has 3 fully saturated rings. The van der Waals surface area contributed by atoms with E-state index < -0.39 is 80.9 Å². The zero-order valence-electron chi connectivity index (χ0n) is 23.6. The molecule has 0 radical (unpaired) electrons. The van der Waals surface area contributed by atoms with Crippen molar-refractivity contribution in [3.05, 3.63) is 35.5 Å². The number of nitrogen functional groups attached to an aromatic ring is 1. The minimum atomic E-state index is -4.43. The van der Waals surface area contributed by atoms with E-state index in [-0.39, 0.29) is 23.3 Å². The number of hydrogen-bond acceptors (Lipinski definition) is 17. The zero-order chi connectivity index (χ0) is 32.6. The lowest BCUT2D eigenvalue weighted by Crippen LogP contribution is -2.56. The summed E-state index contributed by atoms with van der Waals surface area (Å²) in [5.41, 5.74) is 2.61. The molecule has 0 aliphatic carbocycles. The number of aromatic amines is 1. The van der Waals surface area contributed by atoms with Gasteiger partial charge in [-0.25, -0.2) is 34.2 Å². The number of aromatic nitrogens is 8. The molecule has 7 rings (SSSR count). The summed E-state index contributed by atoms with van der Waals surface area (Å²) in [6, 6.07) is 0. The van der Waals surface area contributed by atoms with Crippen LogP contribution < -0.4 is 11.3 Å². The summed E-state index contributed by atoms with van der Waals surface area (Å²) in [7, 11) is 0. The van der Waals surface area contributed by atoms with Gasteiger partial charge in [-0.15, -0.1) is 0 Å². The molecule has 3 aliphatic heterocycles. The van der Waals surface area contributed by atoms with Gasteiger partial charge in [0.05, 0.1) is 44.2 Å². The summed E-state index contributed by atoms with van der Waals surface area (Å²) >= 11 is 8.31. The number of thiol groups is 2. The van der Waals surface area contributed by atoms with E-state index in [1.165, 1.54) is 41.2 Å². The van der Waals surface area contributed by atoms with Crippen LogP contribution in [0.15, 0.2) is 30.0 Å². The molecule has 3 saturated heterocycles. The fourth-order valence-electron chi connectivity index (χ4n) is 5.83. The lowest BCUT2D eigenvalue weighted by molar-refractivity contribution is -0.169. The van der Waals surface area contributed by atoms with E-state index in [2.05, 4.69) is 54.6 Å². The molecular weight excluding hydrogens is 692 g/mol. The number of nitrogens with one attached hydrogen (secondary N) is 1. The first-order valence-corrected chi connectivity index (χ1v) is 18.9. The maximum absolute atomic E-state index is 13.8. The van der Waals surface area contributed by atoms with Crippen LogP contribution >= 0.6 is 38.1 Å². The highest BCUT2D eigenvalue weighted by Crippen LogP contribution is 2.64. The van der Waals surface area contributed by atoms with Crippen molar-refractivity contribution >= 4 is 66.1 Å². The highest BCUT2D eigenvalue weighted by atomic mass is 32.7. The first kappa shape index (κ1) is 32.1. The van der Waals surface area contributed by atoms with Gasteiger partial charge in [-0.3, -0.25) is 32.0 Å². The molecule has 3 aliphatic rings. The number of nitrogens with two attached hydrogens (primary N) is 1. The molecule has 20 nitrogen and oxygen atoms in total. The summed E-state index contributed by atoms with van der Waals surface area (Å²) in [6.45, 7) is -9.31. The lowest BCUT2D eigenvalue weighted by Gasteiger charge is -2.41. The molecule has 0 aromatic carbocycles. The number of H-pyrrole nitrogens is 1. The number of aliphatic hydroxyl groups excluding tert-OH is 2. The third-order valence-corrected chi connectivity index (χ3v) is 11.6. The van der Waals surface area contributed by atoms with Gasteiger partial charge in [0.1, 0.15) is 47.6 Å². The number of nitrogens with zero attached hydrogens (tertiary/aromatic N) is 7. The van der Waals surface area contributed by atoms with E-state index in [0.717, 1.165) is 0 Å². The molecule has 0 spiro atoms. The second-order valence-electron chi connectivity index (χ2n) is 11.1. The van der Waals surface area contributed by atoms with Crippen LogP contribution in [0, 0.1) is 0 Å². The molecule has 248 valence electrons. The van der Waals surface area contributed by atoms with Gasteiger partial charge in [-0.1, -0.05) is 24.5 Å². The Kier molecular flexibility index (Phi) is 7.90. The quantitative estimate of drug-likeness (QED) is 0.126. The smallest absolute Gasteiger partial charge is 0.386 e. The van der Waals surface area contributed by atoms with E-state index >= 15 is 0 Å². The molecule has 0 saturated carbocycles. The molecule has 46 heavy (non-hydrogen) atoms. The largest absolute Gasteiger partial charge is 0.393 e. The van der Waals surface area contributed by atoms with Crippen molar-refractivity contribution in [3.8, 4) is 0 Å². The maximum atomic E-state index is 13.8. The highest BCUT2D eigenvalue weighted by molar-refractivity contribution is 8.44. The normalized spacial score (nSPS) is 38.8. The average molecular weight is 720 g/mol. The molecule has 24 heteroatoms. The molecule has 4 aromatic rings. The molecule has 0 amide bonds. The third-order valence-electron chi connectivity index (χ3n) is 8.26. The summed E-state index contributed by atoms with van der Waals surface area (Å²) in [6.07, 6.45) is -1.38. The van der Waals surface area contributed by atoms with Crippen LogP contribution in [0.5, 0.6) is 0 Å².